The van der Waals surface area contributed by atoms with Crippen LogP contribution in [0.25, 0.3) is 0 Å². The van der Waals surface area contributed by atoms with Crippen LogP contribution in [0.5, 0.6) is 0 Å². The summed E-state index contributed by atoms with van der Waals surface area (Å²) in [6, 6.07) is 0.726. The fourth-order valence-electron chi connectivity index (χ4n) is 4.90. The molecule has 5 atom stereocenters. The van der Waals surface area contributed by atoms with Gasteiger partial charge in [-0.25, -0.2) is 0 Å². The molecule has 2 aliphatic heterocycles. The first-order chi connectivity index (χ1) is 9.72. The van der Waals surface area contributed by atoms with E-state index in [1.165, 1.54) is 56.5 Å². The Balaban J connectivity index is 1.65. The lowest BCUT2D eigenvalue weighted by Gasteiger charge is -2.44. The number of thioether (sulfide) groups is 1. The van der Waals surface area contributed by atoms with Crippen molar-refractivity contribution in [1.82, 2.24) is 5.32 Å². The number of rotatable bonds is 3. The van der Waals surface area contributed by atoms with Crippen molar-refractivity contribution in [2.75, 3.05) is 25.2 Å². The average Bonchev–Trinajstić information content (AvgIpc) is 2.88. The van der Waals surface area contributed by atoms with Crippen molar-refractivity contribution >= 4 is 11.8 Å². The zero-order valence-electron chi connectivity index (χ0n) is 13.2. The smallest absolute Gasteiger partial charge is 0.0783 e. The molecule has 3 aliphatic rings. The molecule has 0 amide bonds. The van der Waals surface area contributed by atoms with Gasteiger partial charge in [0.05, 0.1) is 5.60 Å². The summed E-state index contributed by atoms with van der Waals surface area (Å²) in [6.45, 7) is 3.43. The van der Waals surface area contributed by atoms with Gasteiger partial charge in [-0.1, -0.05) is 19.8 Å². The zero-order chi connectivity index (χ0) is 14.0. The number of hydrogen-bond donors (Lipinski definition) is 1. The van der Waals surface area contributed by atoms with Crippen molar-refractivity contribution in [1.29, 1.82) is 0 Å². The number of ether oxygens (including phenoxy) is 1. The second-order valence-electron chi connectivity index (χ2n) is 7.43. The molecule has 1 N–H and O–H groups in total. The van der Waals surface area contributed by atoms with Gasteiger partial charge in [-0.05, 0) is 62.7 Å². The van der Waals surface area contributed by atoms with Crippen LogP contribution in [0.15, 0.2) is 0 Å². The molecule has 2 heterocycles. The Bertz CT molecular complexity index is 316. The number of hydrogen-bond acceptors (Lipinski definition) is 3. The standard InChI is InChI=1S/C17H31NOS/c1-13-4-3-5-14(10-13)16(18-2)15-6-8-19-17(11-15)7-9-20-12-17/h13-16,18H,3-12H2,1-2H3. The summed E-state index contributed by atoms with van der Waals surface area (Å²) in [4.78, 5) is 0. The third kappa shape index (κ3) is 3.20. The zero-order valence-corrected chi connectivity index (χ0v) is 14.0. The molecule has 20 heavy (non-hydrogen) atoms. The second-order valence-corrected chi connectivity index (χ2v) is 8.54. The first-order valence-electron chi connectivity index (χ1n) is 8.61. The van der Waals surface area contributed by atoms with E-state index in [9.17, 15) is 0 Å². The van der Waals surface area contributed by atoms with Crippen LogP contribution < -0.4 is 5.32 Å². The molecule has 0 bridgehead atoms. The molecule has 116 valence electrons. The van der Waals surface area contributed by atoms with Crippen molar-refractivity contribution in [3.8, 4) is 0 Å². The summed E-state index contributed by atoms with van der Waals surface area (Å²) in [6.07, 6.45) is 9.61. The molecular weight excluding hydrogens is 266 g/mol. The highest BCUT2D eigenvalue weighted by Crippen LogP contribution is 2.43. The molecule has 1 aliphatic carbocycles. The molecule has 0 radical (unpaired) electrons. The molecular formula is C17H31NOS. The molecule has 0 aromatic rings. The molecule has 3 rings (SSSR count). The second kappa shape index (κ2) is 6.58. The van der Waals surface area contributed by atoms with Crippen LogP contribution in [0.2, 0.25) is 0 Å². The van der Waals surface area contributed by atoms with Gasteiger partial charge in [0.2, 0.25) is 0 Å². The summed E-state index contributed by atoms with van der Waals surface area (Å²) >= 11 is 2.09. The minimum atomic E-state index is 0.239. The van der Waals surface area contributed by atoms with E-state index in [-0.39, 0.29) is 5.60 Å². The van der Waals surface area contributed by atoms with E-state index in [1.54, 1.807) is 0 Å². The van der Waals surface area contributed by atoms with Crippen molar-refractivity contribution in [3.63, 3.8) is 0 Å². The van der Waals surface area contributed by atoms with E-state index in [0.717, 1.165) is 30.4 Å². The first kappa shape index (κ1) is 15.2. The van der Waals surface area contributed by atoms with Gasteiger partial charge in [-0.3, -0.25) is 0 Å². The van der Waals surface area contributed by atoms with Crippen molar-refractivity contribution in [2.45, 2.75) is 63.5 Å². The molecule has 3 heteroatoms. The third-order valence-corrected chi connectivity index (χ3v) is 7.15. The van der Waals surface area contributed by atoms with Gasteiger partial charge < -0.3 is 10.1 Å². The number of nitrogens with one attached hydrogen (secondary N) is 1. The first-order valence-corrected chi connectivity index (χ1v) is 9.77. The van der Waals surface area contributed by atoms with E-state index >= 15 is 0 Å². The van der Waals surface area contributed by atoms with Gasteiger partial charge in [-0.2, -0.15) is 11.8 Å². The van der Waals surface area contributed by atoms with Crippen LogP contribution in [0.4, 0.5) is 0 Å². The van der Waals surface area contributed by atoms with E-state index < -0.39 is 0 Å². The van der Waals surface area contributed by atoms with Crippen molar-refractivity contribution in [3.05, 3.63) is 0 Å². The van der Waals surface area contributed by atoms with Gasteiger partial charge in [0.15, 0.2) is 0 Å². The highest BCUT2D eigenvalue weighted by molar-refractivity contribution is 7.99. The van der Waals surface area contributed by atoms with Crippen LogP contribution in [-0.2, 0) is 4.74 Å². The van der Waals surface area contributed by atoms with E-state index in [0.29, 0.717) is 0 Å². The Labute approximate surface area is 128 Å². The summed E-state index contributed by atoms with van der Waals surface area (Å²) in [5, 5.41) is 3.71. The van der Waals surface area contributed by atoms with Crippen LogP contribution in [0.1, 0.15) is 51.9 Å². The third-order valence-electron chi connectivity index (χ3n) is 5.92. The molecule has 3 fully saturated rings. The summed E-state index contributed by atoms with van der Waals surface area (Å²) in [7, 11) is 2.19. The normalized spacial score (nSPS) is 43.8. The highest BCUT2D eigenvalue weighted by Gasteiger charge is 2.43. The van der Waals surface area contributed by atoms with Crippen LogP contribution in [0, 0.1) is 17.8 Å². The fraction of sp³-hybridized carbons (Fsp3) is 1.00. The lowest BCUT2D eigenvalue weighted by molar-refractivity contribution is -0.0892. The van der Waals surface area contributed by atoms with Crippen LogP contribution in [-0.4, -0.2) is 36.8 Å². The molecule has 0 aromatic carbocycles. The quantitative estimate of drug-likeness (QED) is 0.858. The predicted octanol–water partition coefficient (Wildman–Crippen LogP) is 3.70. The van der Waals surface area contributed by atoms with E-state index in [2.05, 4.69) is 31.1 Å². The predicted molar refractivity (Wildman–Crippen MR) is 87.3 cm³/mol. The maximum Gasteiger partial charge on any atom is 0.0783 e. The minimum absolute atomic E-state index is 0.239. The van der Waals surface area contributed by atoms with Gasteiger partial charge in [0, 0.05) is 18.4 Å². The Morgan fingerprint density at radius 2 is 2.15 bits per heavy atom. The van der Waals surface area contributed by atoms with Gasteiger partial charge in [-0.15, -0.1) is 0 Å². The Morgan fingerprint density at radius 3 is 2.85 bits per heavy atom. The minimum Gasteiger partial charge on any atom is -0.374 e. The molecule has 1 saturated carbocycles. The maximum atomic E-state index is 6.21. The van der Waals surface area contributed by atoms with Crippen molar-refractivity contribution in [2.24, 2.45) is 17.8 Å². The fourth-order valence-corrected chi connectivity index (χ4v) is 6.28. The molecule has 0 aromatic heterocycles. The van der Waals surface area contributed by atoms with E-state index in [4.69, 9.17) is 4.74 Å². The SMILES string of the molecule is CNC(C1CCCC(C)C1)C1CCOC2(CCSC2)C1. The topological polar surface area (TPSA) is 21.3 Å². The van der Waals surface area contributed by atoms with E-state index in [1.807, 2.05) is 0 Å². The van der Waals surface area contributed by atoms with Gasteiger partial charge in [0.25, 0.3) is 0 Å². The summed E-state index contributed by atoms with van der Waals surface area (Å²) in [5.74, 6) is 5.21. The lowest BCUT2D eigenvalue weighted by Crippen LogP contribution is -2.49. The average molecular weight is 298 g/mol. The Kier molecular flexibility index (Phi) is 4.99. The largest absolute Gasteiger partial charge is 0.374 e. The summed E-state index contributed by atoms with van der Waals surface area (Å²) in [5.41, 5.74) is 0.239. The molecule has 2 nitrogen and oxygen atoms in total. The van der Waals surface area contributed by atoms with Crippen LogP contribution in [0.3, 0.4) is 0 Å². The molecule has 5 unspecified atom stereocenters. The maximum absolute atomic E-state index is 6.21. The lowest BCUT2D eigenvalue weighted by atomic mass is 9.71. The Hall–Kier alpha value is 0.270. The van der Waals surface area contributed by atoms with Crippen LogP contribution >= 0.6 is 11.8 Å². The van der Waals surface area contributed by atoms with Gasteiger partial charge >= 0.3 is 0 Å². The summed E-state index contributed by atoms with van der Waals surface area (Å²) < 4.78 is 6.21. The molecule has 1 spiro atoms. The highest BCUT2D eigenvalue weighted by atomic mass is 32.2. The Morgan fingerprint density at radius 1 is 1.25 bits per heavy atom. The van der Waals surface area contributed by atoms with Crippen molar-refractivity contribution < 1.29 is 4.74 Å². The monoisotopic (exact) mass is 297 g/mol. The van der Waals surface area contributed by atoms with Gasteiger partial charge in [0.1, 0.15) is 0 Å². The molecule has 2 saturated heterocycles.